The lowest BCUT2D eigenvalue weighted by Gasteiger charge is -2.23. The highest BCUT2D eigenvalue weighted by Crippen LogP contribution is 2.33. The van der Waals surface area contributed by atoms with Crippen molar-refractivity contribution in [3.05, 3.63) is 69.1 Å². The molecule has 1 N–H and O–H groups in total. The lowest BCUT2D eigenvalue weighted by atomic mass is 9.94. The van der Waals surface area contributed by atoms with E-state index in [0.717, 1.165) is 29.5 Å². The molecular weight excluding hydrogens is 344 g/mol. The highest BCUT2D eigenvalue weighted by atomic mass is 16.5. The normalized spacial score (nSPS) is 12.9. The van der Waals surface area contributed by atoms with Crippen LogP contribution in [-0.2, 0) is 24.1 Å². The molecule has 2 aromatic heterocycles. The van der Waals surface area contributed by atoms with E-state index in [0.29, 0.717) is 18.5 Å². The lowest BCUT2D eigenvalue weighted by Crippen LogP contribution is -2.31. The molecular formula is C21H20N2O4. The van der Waals surface area contributed by atoms with E-state index in [4.69, 9.17) is 4.74 Å². The van der Waals surface area contributed by atoms with E-state index in [-0.39, 0.29) is 23.4 Å². The van der Waals surface area contributed by atoms with Gasteiger partial charge in [0.25, 0.3) is 5.56 Å². The summed E-state index contributed by atoms with van der Waals surface area (Å²) in [5, 5.41) is 10.6. The van der Waals surface area contributed by atoms with Gasteiger partial charge in [-0.3, -0.25) is 9.78 Å². The number of benzene rings is 1. The molecule has 0 fully saturated rings. The number of aromatic hydroxyl groups is 1. The maximum Gasteiger partial charge on any atom is 0.347 e. The minimum absolute atomic E-state index is 0.129. The Morgan fingerprint density at radius 3 is 2.81 bits per heavy atom. The standard InChI is InChI=1S/C21H20N2O4/c1-2-27-21(26)16-19(24)17-18-15(9-6-10-23(18)20(16)25)14(12-22-17)11-13-7-4-3-5-8-13/h3-5,7-8,12,24H,2,6,9-11H2,1H3. The predicted octanol–water partition coefficient (Wildman–Crippen LogP) is 2.82. The number of hydrogen-bond acceptors (Lipinski definition) is 5. The number of nitrogens with zero attached hydrogens (tertiary/aromatic N) is 2. The minimum atomic E-state index is -0.812. The van der Waals surface area contributed by atoms with Gasteiger partial charge in [-0.25, -0.2) is 4.79 Å². The number of carbonyl (C=O) groups is 1. The Labute approximate surface area is 156 Å². The summed E-state index contributed by atoms with van der Waals surface area (Å²) in [5.41, 5.74) is 3.26. The van der Waals surface area contributed by atoms with E-state index in [1.54, 1.807) is 17.7 Å². The second-order valence-electron chi connectivity index (χ2n) is 6.63. The number of rotatable bonds is 4. The second-order valence-corrected chi connectivity index (χ2v) is 6.63. The van der Waals surface area contributed by atoms with Crippen molar-refractivity contribution >= 4 is 17.0 Å². The molecule has 6 nitrogen and oxygen atoms in total. The maximum atomic E-state index is 12.9. The highest BCUT2D eigenvalue weighted by molar-refractivity contribution is 5.99. The molecule has 0 radical (unpaired) electrons. The number of aromatic nitrogens is 2. The van der Waals surface area contributed by atoms with E-state index in [9.17, 15) is 14.7 Å². The first-order valence-electron chi connectivity index (χ1n) is 9.09. The van der Waals surface area contributed by atoms with Crippen LogP contribution >= 0.6 is 0 Å². The van der Waals surface area contributed by atoms with Gasteiger partial charge in [0.1, 0.15) is 5.52 Å². The van der Waals surface area contributed by atoms with E-state index < -0.39 is 11.5 Å². The summed E-state index contributed by atoms with van der Waals surface area (Å²) in [6.45, 7) is 2.28. The van der Waals surface area contributed by atoms with Crippen LogP contribution in [0.15, 0.2) is 41.3 Å². The fourth-order valence-electron chi connectivity index (χ4n) is 3.76. The van der Waals surface area contributed by atoms with Crippen molar-refractivity contribution in [1.29, 1.82) is 0 Å². The van der Waals surface area contributed by atoms with Gasteiger partial charge >= 0.3 is 5.97 Å². The first kappa shape index (κ1) is 17.3. The van der Waals surface area contributed by atoms with Gasteiger partial charge in [-0.15, -0.1) is 0 Å². The van der Waals surface area contributed by atoms with Crippen LogP contribution < -0.4 is 5.56 Å². The average Bonchev–Trinajstić information content (AvgIpc) is 2.68. The van der Waals surface area contributed by atoms with Crippen molar-refractivity contribution in [3.8, 4) is 5.75 Å². The van der Waals surface area contributed by atoms with Crippen LogP contribution in [0.1, 0.15) is 40.4 Å². The number of ether oxygens (including phenoxy) is 1. The molecule has 0 atom stereocenters. The molecule has 0 amide bonds. The van der Waals surface area contributed by atoms with Gasteiger partial charge in [0, 0.05) is 12.7 Å². The molecule has 1 aromatic carbocycles. The number of esters is 1. The average molecular weight is 364 g/mol. The van der Waals surface area contributed by atoms with Gasteiger partial charge in [0.2, 0.25) is 0 Å². The molecule has 0 aliphatic carbocycles. The summed E-state index contributed by atoms with van der Waals surface area (Å²) in [7, 11) is 0. The Morgan fingerprint density at radius 2 is 2.07 bits per heavy atom. The van der Waals surface area contributed by atoms with Gasteiger partial charge in [-0.1, -0.05) is 30.3 Å². The van der Waals surface area contributed by atoms with E-state index >= 15 is 0 Å². The SMILES string of the molecule is CCOC(=O)c1c(O)c2ncc(Cc3ccccc3)c3c2n(c1=O)CCC3. The molecule has 6 heteroatoms. The van der Waals surface area contributed by atoms with Crippen LogP contribution in [0.25, 0.3) is 11.0 Å². The molecule has 0 bridgehead atoms. The van der Waals surface area contributed by atoms with E-state index in [1.807, 2.05) is 30.3 Å². The van der Waals surface area contributed by atoms with Gasteiger partial charge in [-0.2, -0.15) is 0 Å². The molecule has 1 aliphatic rings. The fraction of sp³-hybridized carbons (Fsp3) is 0.286. The lowest BCUT2D eigenvalue weighted by molar-refractivity contribution is 0.0520. The van der Waals surface area contributed by atoms with Crippen LogP contribution in [0, 0.1) is 0 Å². The van der Waals surface area contributed by atoms with Crippen LogP contribution in [0.3, 0.4) is 0 Å². The molecule has 3 heterocycles. The molecule has 138 valence electrons. The second kappa shape index (κ2) is 6.87. The van der Waals surface area contributed by atoms with Crippen molar-refractivity contribution in [2.45, 2.75) is 32.7 Å². The Balaban J connectivity index is 1.94. The quantitative estimate of drug-likeness (QED) is 0.720. The smallest absolute Gasteiger partial charge is 0.347 e. The molecule has 0 saturated heterocycles. The monoisotopic (exact) mass is 364 g/mol. The zero-order chi connectivity index (χ0) is 19.0. The summed E-state index contributed by atoms with van der Waals surface area (Å²) in [6.07, 6.45) is 4.03. The van der Waals surface area contributed by atoms with Gasteiger partial charge in [0.05, 0.1) is 12.1 Å². The molecule has 0 saturated carbocycles. The van der Waals surface area contributed by atoms with Crippen LogP contribution in [-0.4, -0.2) is 27.2 Å². The van der Waals surface area contributed by atoms with Crippen molar-refractivity contribution in [2.24, 2.45) is 0 Å². The molecule has 4 rings (SSSR count). The third-order valence-corrected chi connectivity index (χ3v) is 4.96. The molecule has 3 aromatic rings. The summed E-state index contributed by atoms with van der Waals surface area (Å²) in [4.78, 5) is 29.5. The van der Waals surface area contributed by atoms with Gasteiger partial charge < -0.3 is 14.4 Å². The summed E-state index contributed by atoms with van der Waals surface area (Å²) in [6, 6.07) is 10.0. The van der Waals surface area contributed by atoms with Gasteiger partial charge in [0.15, 0.2) is 11.3 Å². The Kier molecular flexibility index (Phi) is 4.39. The van der Waals surface area contributed by atoms with Gasteiger partial charge in [-0.05, 0) is 42.9 Å². The number of aryl methyl sites for hydroxylation is 2. The third kappa shape index (κ3) is 2.87. The maximum absolute atomic E-state index is 12.9. The third-order valence-electron chi connectivity index (χ3n) is 4.96. The number of carbonyl (C=O) groups excluding carboxylic acids is 1. The Bertz CT molecular complexity index is 1090. The zero-order valence-electron chi connectivity index (χ0n) is 15.1. The minimum Gasteiger partial charge on any atom is -0.505 e. The molecule has 0 unspecified atom stereocenters. The molecule has 27 heavy (non-hydrogen) atoms. The first-order chi connectivity index (χ1) is 13.1. The fourth-order valence-corrected chi connectivity index (χ4v) is 3.76. The van der Waals surface area contributed by atoms with Crippen molar-refractivity contribution in [1.82, 2.24) is 9.55 Å². The Morgan fingerprint density at radius 1 is 1.30 bits per heavy atom. The highest BCUT2D eigenvalue weighted by Gasteiger charge is 2.28. The first-order valence-corrected chi connectivity index (χ1v) is 9.09. The van der Waals surface area contributed by atoms with Crippen LogP contribution in [0.5, 0.6) is 5.75 Å². The summed E-state index contributed by atoms with van der Waals surface area (Å²) in [5.74, 6) is -1.20. The van der Waals surface area contributed by atoms with E-state index in [2.05, 4.69) is 4.98 Å². The molecule has 0 spiro atoms. The number of pyridine rings is 2. The van der Waals surface area contributed by atoms with Crippen molar-refractivity contribution < 1.29 is 14.6 Å². The Hall–Kier alpha value is -3.15. The van der Waals surface area contributed by atoms with Crippen LogP contribution in [0.2, 0.25) is 0 Å². The van der Waals surface area contributed by atoms with Crippen molar-refractivity contribution in [3.63, 3.8) is 0 Å². The van der Waals surface area contributed by atoms with E-state index in [1.165, 1.54) is 0 Å². The topological polar surface area (TPSA) is 81.4 Å². The summed E-state index contributed by atoms with van der Waals surface area (Å²) < 4.78 is 6.51. The number of hydrogen-bond donors (Lipinski definition) is 1. The van der Waals surface area contributed by atoms with Crippen molar-refractivity contribution in [2.75, 3.05) is 6.61 Å². The zero-order valence-corrected chi connectivity index (χ0v) is 15.1. The summed E-state index contributed by atoms with van der Waals surface area (Å²) >= 11 is 0. The molecule has 1 aliphatic heterocycles. The largest absolute Gasteiger partial charge is 0.505 e. The predicted molar refractivity (Wildman–Crippen MR) is 101 cm³/mol. The van der Waals surface area contributed by atoms with Crippen LogP contribution in [0.4, 0.5) is 0 Å².